The van der Waals surface area contributed by atoms with Crippen molar-refractivity contribution in [3.05, 3.63) is 11.6 Å². The van der Waals surface area contributed by atoms with Crippen LogP contribution in [-0.2, 0) is 0 Å². The van der Waals surface area contributed by atoms with Crippen LogP contribution in [0.3, 0.4) is 0 Å². The third kappa shape index (κ3) is 3.85. The summed E-state index contributed by atoms with van der Waals surface area (Å²) in [6.07, 6.45) is 4.88. The molecule has 92 valence electrons. The van der Waals surface area contributed by atoms with Gasteiger partial charge in [0.05, 0.1) is 12.6 Å². The molecule has 1 aliphatic heterocycles. The smallest absolute Gasteiger partial charge is 0.317 e. The van der Waals surface area contributed by atoms with Gasteiger partial charge in [-0.15, -0.1) is 0 Å². The number of carbonyl (C=O) groups excluding carboxylic acids is 1. The monoisotopic (exact) mass is 226 g/mol. The van der Waals surface area contributed by atoms with Crippen LogP contribution in [0.2, 0.25) is 0 Å². The Bertz CT molecular complexity index is 260. The zero-order valence-corrected chi connectivity index (χ0v) is 10.2. The fourth-order valence-electron chi connectivity index (χ4n) is 1.93. The van der Waals surface area contributed by atoms with Crippen LogP contribution < -0.4 is 5.32 Å². The predicted octanol–water partition coefficient (Wildman–Crippen LogP) is 1.51. The molecule has 1 heterocycles. The van der Waals surface area contributed by atoms with Gasteiger partial charge in [-0.3, -0.25) is 0 Å². The lowest BCUT2D eigenvalue weighted by molar-refractivity contribution is 0.157. The van der Waals surface area contributed by atoms with E-state index in [1.54, 1.807) is 4.90 Å². The van der Waals surface area contributed by atoms with E-state index in [1.165, 1.54) is 5.57 Å². The van der Waals surface area contributed by atoms with E-state index in [-0.39, 0.29) is 18.7 Å². The molecule has 4 heteroatoms. The highest BCUT2D eigenvalue weighted by Crippen LogP contribution is 2.16. The molecule has 0 aliphatic carbocycles. The number of nitrogens with zero attached hydrogens (tertiary/aromatic N) is 1. The molecule has 2 N–H and O–H groups in total. The maximum Gasteiger partial charge on any atom is 0.317 e. The van der Waals surface area contributed by atoms with Crippen molar-refractivity contribution in [2.75, 3.05) is 19.7 Å². The first kappa shape index (κ1) is 13.0. The SMILES string of the molecule is CC(C)=CCCNC(=O)N1CCC[C@H]1CO. The maximum atomic E-state index is 11.7. The van der Waals surface area contributed by atoms with Crippen LogP contribution in [0.4, 0.5) is 4.79 Å². The molecule has 0 unspecified atom stereocenters. The average molecular weight is 226 g/mol. The fourth-order valence-corrected chi connectivity index (χ4v) is 1.93. The first-order valence-electron chi connectivity index (χ1n) is 5.94. The highest BCUT2D eigenvalue weighted by molar-refractivity contribution is 5.74. The number of carbonyl (C=O) groups is 1. The number of hydrogen-bond acceptors (Lipinski definition) is 2. The molecule has 0 bridgehead atoms. The van der Waals surface area contributed by atoms with Crippen molar-refractivity contribution in [1.29, 1.82) is 0 Å². The molecule has 0 saturated carbocycles. The van der Waals surface area contributed by atoms with Crippen LogP contribution in [0.15, 0.2) is 11.6 Å². The number of likely N-dealkylation sites (tertiary alicyclic amines) is 1. The summed E-state index contributed by atoms with van der Waals surface area (Å²) in [6.45, 7) is 5.59. The molecule has 0 spiro atoms. The zero-order chi connectivity index (χ0) is 12.0. The lowest BCUT2D eigenvalue weighted by Gasteiger charge is -2.23. The van der Waals surface area contributed by atoms with Gasteiger partial charge in [0.15, 0.2) is 0 Å². The first-order valence-corrected chi connectivity index (χ1v) is 5.94. The Morgan fingerprint density at radius 3 is 2.94 bits per heavy atom. The minimum absolute atomic E-state index is 0.0171. The van der Waals surface area contributed by atoms with Gasteiger partial charge in [-0.1, -0.05) is 11.6 Å². The van der Waals surface area contributed by atoms with Crippen LogP contribution >= 0.6 is 0 Å². The van der Waals surface area contributed by atoms with E-state index in [4.69, 9.17) is 5.11 Å². The number of hydrogen-bond donors (Lipinski definition) is 2. The second-order valence-electron chi connectivity index (χ2n) is 4.47. The Morgan fingerprint density at radius 1 is 1.56 bits per heavy atom. The molecule has 1 fully saturated rings. The molecule has 1 rings (SSSR count). The number of aliphatic hydroxyl groups excluding tert-OH is 1. The van der Waals surface area contributed by atoms with Gasteiger partial charge in [-0.2, -0.15) is 0 Å². The molecule has 1 saturated heterocycles. The number of aliphatic hydroxyl groups is 1. The van der Waals surface area contributed by atoms with E-state index in [2.05, 4.69) is 11.4 Å². The Labute approximate surface area is 97.3 Å². The van der Waals surface area contributed by atoms with Crippen molar-refractivity contribution in [1.82, 2.24) is 10.2 Å². The van der Waals surface area contributed by atoms with E-state index in [9.17, 15) is 4.79 Å². The van der Waals surface area contributed by atoms with Gasteiger partial charge in [0, 0.05) is 13.1 Å². The van der Waals surface area contributed by atoms with E-state index < -0.39 is 0 Å². The first-order chi connectivity index (χ1) is 7.65. The molecule has 16 heavy (non-hydrogen) atoms. The summed E-state index contributed by atoms with van der Waals surface area (Å²) in [5, 5.41) is 12.0. The molecule has 2 amide bonds. The van der Waals surface area contributed by atoms with Crippen molar-refractivity contribution < 1.29 is 9.90 Å². The number of allylic oxidation sites excluding steroid dienone is 1. The van der Waals surface area contributed by atoms with E-state index >= 15 is 0 Å². The van der Waals surface area contributed by atoms with Crippen LogP contribution in [0, 0.1) is 0 Å². The van der Waals surface area contributed by atoms with Crippen LogP contribution in [0.5, 0.6) is 0 Å². The second-order valence-corrected chi connectivity index (χ2v) is 4.47. The summed E-state index contributed by atoms with van der Waals surface area (Å²) in [5.41, 5.74) is 1.27. The van der Waals surface area contributed by atoms with E-state index in [0.717, 1.165) is 25.8 Å². The Morgan fingerprint density at radius 2 is 2.31 bits per heavy atom. The van der Waals surface area contributed by atoms with E-state index in [1.807, 2.05) is 13.8 Å². The number of urea groups is 1. The van der Waals surface area contributed by atoms with Gasteiger partial charge in [-0.05, 0) is 33.1 Å². The lowest BCUT2D eigenvalue weighted by atomic mass is 10.2. The third-order valence-corrected chi connectivity index (χ3v) is 2.82. The Hall–Kier alpha value is -1.03. The van der Waals surface area contributed by atoms with Gasteiger partial charge in [0.1, 0.15) is 0 Å². The largest absolute Gasteiger partial charge is 0.394 e. The van der Waals surface area contributed by atoms with Crippen molar-refractivity contribution >= 4 is 6.03 Å². The fraction of sp³-hybridized carbons (Fsp3) is 0.750. The number of rotatable bonds is 4. The molecule has 0 aromatic heterocycles. The zero-order valence-electron chi connectivity index (χ0n) is 10.2. The van der Waals surface area contributed by atoms with Crippen molar-refractivity contribution in [3.63, 3.8) is 0 Å². The normalized spacial score (nSPS) is 19.7. The Balaban J connectivity index is 2.27. The van der Waals surface area contributed by atoms with Crippen LogP contribution in [-0.4, -0.2) is 41.8 Å². The van der Waals surface area contributed by atoms with Gasteiger partial charge in [-0.25, -0.2) is 4.79 Å². The van der Waals surface area contributed by atoms with Crippen molar-refractivity contribution in [3.8, 4) is 0 Å². The predicted molar refractivity (Wildman–Crippen MR) is 64.3 cm³/mol. The van der Waals surface area contributed by atoms with Crippen LogP contribution in [0.1, 0.15) is 33.1 Å². The molecule has 0 radical (unpaired) electrons. The summed E-state index contributed by atoms with van der Waals surface area (Å²) in [7, 11) is 0. The summed E-state index contributed by atoms with van der Waals surface area (Å²) >= 11 is 0. The van der Waals surface area contributed by atoms with E-state index in [0.29, 0.717) is 6.54 Å². The molecule has 4 nitrogen and oxygen atoms in total. The van der Waals surface area contributed by atoms with Gasteiger partial charge in [0.25, 0.3) is 0 Å². The highest BCUT2D eigenvalue weighted by atomic mass is 16.3. The summed E-state index contributed by atoms with van der Waals surface area (Å²) in [6, 6.07) is -0.0258. The third-order valence-electron chi connectivity index (χ3n) is 2.82. The maximum absolute atomic E-state index is 11.7. The molecular formula is C12H22N2O2. The lowest BCUT2D eigenvalue weighted by Crippen LogP contribution is -2.44. The highest BCUT2D eigenvalue weighted by Gasteiger charge is 2.27. The topological polar surface area (TPSA) is 52.6 Å². The van der Waals surface area contributed by atoms with Gasteiger partial charge >= 0.3 is 6.03 Å². The van der Waals surface area contributed by atoms with Crippen molar-refractivity contribution in [2.45, 2.75) is 39.2 Å². The average Bonchev–Trinajstić information content (AvgIpc) is 2.71. The van der Waals surface area contributed by atoms with Gasteiger partial charge < -0.3 is 15.3 Å². The molecule has 1 aliphatic rings. The molecular weight excluding hydrogens is 204 g/mol. The number of nitrogens with one attached hydrogen (secondary N) is 1. The quantitative estimate of drug-likeness (QED) is 0.564. The standard InChI is InChI=1S/C12H22N2O2/c1-10(2)5-3-7-13-12(16)14-8-4-6-11(14)9-15/h5,11,15H,3-4,6-9H2,1-2H3,(H,13,16)/t11-/m0/s1. The van der Waals surface area contributed by atoms with Crippen LogP contribution in [0.25, 0.3) is 0 Å². The summed E-state index contributed by atoms with van der Waals surface area (Å²) < 4.78 is 0. The Kier molecular flexibility index (Phi) is 5.32. The minimum Gasteiger partial charge on any atom is -0.394 e. The minimum atomic E-state index is -0.0429. The van der Waals surface area contributed by atoms with Gasteiger partial charge in [0.2, 0.25) is 0 Å². The van der Waals surface area contributed by atoms with Crippen molar-refractivity contribution in [2.24, 2.45) is 0 Å². The molecule has 1 atom stereocenters. The summed E-state index contributed by atoms with van der Waals surface area (Å²) in [5.74, 6) is 0. The number of amides is 2. The summed E-state index contributed by atoms with van der Waals surface area (Å²) in [4.78, 5) is 13.5. The second kappa shape index (κ2) is 6.53. The molecule has 0 aromatic carbocycles. The molecule has 0 aromatic rings.